The van der Waals surface area contributed by atoms with Gasteiger partial charge in [0.1, 0.15) is 11.5 Å². The molecule has 170 valence electrons. The minimum absolute atomic E-state index is 0.351. The molecule has 0 aliphatic carbocycles. The summed E-state index contributed by atoms with van der Waals surface area (Å²) in [7, 11) is 3.44. The van der Waals surface area contributed by atoms with Crippen molar-refractivity contribution in [3.8, 4) is 33.8 Å². The van der Waals surface area contributed by atoms with Crippen LogP contribution >= 0.6 is 22.6 Å². The third-order valence-electron chi connectivity index (χ3n) is 6.05. The van der Waals surface area contributed by atoms with Gasteiger partial charge in [0.05, 0.1) is 17.8 Å². The first kappa shape index (κ1) is 24.6. The number of hydrogen-bond donors (Lipinski definition) is 0. The molecule has 0 saturated carbocycles. The quantitative estimate of drug-likeness (QED) is 0.278. The van der Waals surface area contributed by atoms with Crippen molar-refractivity contribution in [2.45, 2.75) is 59.3 Å². The van der Waals surface area contributed by atoms with Gasteiger partial charge in [-0.1, -0.05) is 77.9 Å². The van der Waals surface area contributed by atoms with Gasteiger partial charge in [0.2, 0.25) is 0 Å². The summed E-state index contributed by atoms with van der Waals surface area (Å²) in [5, 5.41) is 0. The molecule has 0 unspecified atom stereocenters. The fourth-order valence-electron chi connectivity index (χ4n) is 4.48. The van der Waals surface area contributed by atoms with Crippen molar-refractivity contribution in [2.75, 3.05) is 14.2 Å². The summed E-state index contributed by atoms with van der Waals surface area (Å²) in [6.45, 7) is 13.8. The van der Waals surface area contributed by atoms with Gasteiger partial charge >= 0.3 is 0 Å². The molecular weight excluding hydrogens is 507 g/mol. The van der Waals surface area contributed by atoms with Gasteiger partial charge in [-0.2, -0.15) is 0 Å². The predicted octanol–water partition coefficient (Wildman–Crippen LogP) is 9.01. The molecule has 3 rings (SSSR count). The van der Waals surface area contributed by atoms with Gasteiger partial charge in [0, 0.05) is 11.6 Å². The van der Waals surface area contributed by atoms with E-state index in [-0.39, 0.29) is 0 Å². The van der Waals surface area contributed by atoms with Crippen LogP contribution in [0, 0.1) is 3.57 Å². The van der Waals surface area contributed by atoms with E-state index < -0.39 is 0 Å². The second-order valence-electron chi connectivity index (χ2n) is 9.24. The van der Waals surface area contributed by atoms with Crippen LogP contribution in [-0.2, 0) is 0 Å². The zero-order valence-corrected chi connectivity index (χ0v) is 22.7. The maximum atomic E-state index is 5.74. The van der Waals surface area contributed by atoms with Gasteiger partial charge in [-0.25, -0.2) is 0 Å². The van der Waals surface area contributed by atoms with Crippen molar-refractivity contribution in [2.24, 2.45) is 0 Å². The summed E-state index contributed by atoms with van der Waals surface area (Å²) >= 11 is 2.43. The van der Waals surface area contributed by atoms with Crippen LogP contribution in [-0.4, -0.2) is 14.2 Å². The maximum absolute atomic E-state index is 5.74. The Hall–Kier alpha value is -2.01. The van der Waals surface area contributed by atoms with E-state index in [1.54, 1.807) is 14.2 Å². The Balaban J connectivity index is 2.57. The maximum Gasteiger partial charge on any atom is 0.136 e. The topological polar surface area (TPSA) is 18.5 Å². The number of hydrogen-bond acceptors (Lipinski definition) is 2. The second-order valence-corrected chi connectivity index (χ2v) is 10.3. The largest absolute Gasteiger partial charge is 0.497 e. The summed E-state index contributed by atoms with van der Waals surface area (Å²) < 4.78 is 12.5. The van der Waals surface area contributed by atoms with Crippen LogP contribution in [0.3, 0.4) is 0 Å². The van der Waals surface area contributed by atoms with Gasteiger partial charge in [-0.05, 0) is 79.8 Å². The molecule has 0 aromatic heterocycles. The first-order valence-electron chi connectivity index (χ1n) is 11.4. The Bertz CT molecular complexity index is 1080. The Morgan fingerprint density at radius 3 is 1.78 bits per heavy atom. The van der Waals surface area contributed by atoms with Crippen molar-refractivity contribution in [3.63, 3.8) is 0 Å². The Kier molecular flexibility index (Phi) is 7.92. The summed E-state index contributed by atoms with van der Waals surface area (Å²) in [6.07, 6.45) is 0. The van der Waals surface area contributed by atoms with E-state index in [1.165, 1.54) is 38.9 Å². The molecule has 0 fully saturated rings. The smallest absolute Gasteiger partial charge is 0.136 e. The fourth-order valence-corrected chi connectivity index (χ4v) is 5.29. The van der Waals surface area contributed by atoms with Gasteiger partial charge in [-0.15, -0.1) is 0 Å². The Labute approximate surface area is 207 Å². The molecule has 3 heteroatoms. The van der Waals surface area contributed by atoms with Gasteiger partial charge in [0.15, 0.2) is 0 Å². The highest BCUT2D eigenvalue weighted by atomic mass is 127. The predicted molar refractivity (Wildman–Crippen MR) is 145 cm³/mol. The summed E-state index contributed by atoms with van der Waals surface area (Å²) in [4.78, 5) is 0. The van der Waals surface area contributed by atoms with Crippen LogP contribution in [0.4, 0.5) is 0 Å². The zero-order valence-electron chi connectivity index (χ0n) is 20.5. The molecule has 0 saturated heterocycles. The van der Waals surface area contributed by atoms with E-state index in [2.05, 4.69) is 107 Å². The molecule has 0 aliphatic rings. The van der Waals surface area contributed by atoms with Crippen LogP contribution in [0.25, 0.3) is 22.3 Å². The third kappa shape index (κ3) is 4.68. The number of benzene rings is 3. The van der Waals surface area contributed by atoms with Crippen LogP contribution in [0.1, 0.15) is 76.0 Å². The number of rotatable bonds is 7. The molecule has 32 heavy (non-hydrogen) atoms. The third-order valence-corrected chi connectivity index (χ3v) is 7.16. The lowest BCUT2D eigenvalue weighted by Gasteiger charge is -2.29. The average Bonchev–Trinajstić information content (AvgIpc) is 2.78. The number of ether oxygens (including phenoxy) is 2. The molecule has 0 N–H and O–H groups in total. The van der Waals surface area contributed by atoms with Crippen LogP contribution in [0.5, 0.6) is 11.5 Å². The molecule has 3 aromatic rings. The summed E-state index contributed by atoms with van der Waals surface area (Å²) in [5.74, 6) is 2.82. The van der Waals surface area contributed by atoms with E-state index in [4.69, 9.17) is 9.47 Å². The van der Waals surface area contributed by atoms with Crippen molar-refractivity contribution in [3.05, 3.63) is 68.8 Å². The molecule has 0 radical (unpaired) electrons. The number of methoxy groups -OCH3 is 2. The standard InChI is InChI=1S/C29H35IO2/c1-17(2)22-16-23(18(3)4)28(24-14-21(31-7)15-25(32-8)29(24)30)26(19(5)6)27(22)20-12-10-9-11-13-20/h9-19H,1-8H3. The highest BCUT2D eigenvalue weighted by Gasteiger charge is 2.26. The van der Waals surface area contributed by atoms with E-state index in [1.807, 2.05) is 6.07 Å². The first-order valence-corrected chi connectivity index (χ1v) is 12.5. The molecule has 0 aliphatic heterocycles. The molecule has 0 amide bonds. The average molecular weight is 543 g/mol. The lowest BCUT2D eigenvalue weighted by Crippen LogP contribution is -2.08. The minimum Gasteiger partial charge on any atom is -0.497 e. The lowest BCUT2D eigenvalue weighted by molar-refractivity contribution is 0.393. The van der Waals surface area contributed by atoms with Gasteiger partial charge in [0.25, 0.3) is 0 Å². The molecule has 3 aromatic carbocycles. The van der Waals surface area contributed by atoms with Crippen LogP contribution < -0.4 is 9.47 Å². The monoisotopic (exact) mass is 542 g/mol. The number of halogens is 1. The highest BCUT2D eigenvalue weighted by molar-refractivity contribution is 14.1. The molecule has 0 heterocycles. The molecule has 0 spiro atoms. The van der Waals surface area contributed by atoms with E-state index in [9.17, 15) is 0 Å². The van der Waals surface area contributed by atoms with E-state index in [0.717, 1.165) is 15.1 Å². The lowest BCUT2D eigenvalue weighted by atomic mass is 9.76. The van der Waals surface area contributed by atoms with Crippen molar-refractivity contribution in [1.82, 2.24) is 0 Å². The van der Waals surface area contributed by atoms with Crippen molar-refractivity contribution >= 4 is 22.6 Å². The van der Waals surface area contributed by atoms with Gasteiger partial charge < -0.3 is 9.47 Å². The summed E-state index contributed by atoms with van der Waals surface area (Å²) in [5.41, 5.74) is 9.34. The molecule has 0 bridgehead atoms. The van der Waals surface area contributed by atoms with E-state index >= 15 is 0 Å². The molecule has 0 atom stereocenters. The van der Waals surface area contributed by atoms with Gasteiger partial charge in [-0.3, -0.25) is 0 Å². The molecule has 2 nitrogen and oxygen atoms in total. The Morgan fingerprint density at radius 1 is 0.688 bits per heavy atom. The normalized spacial score (nSPS) is 11.5. The second kappa shape index (κ2) is 10.3. The van der Waals surface area contributed by atoms with Crippen molar-refractivity contribution < 1.29 is 9.47 Å². The summed E-state index contributed by atoms with van der Waals surface area (Å²) in [6, 6.07) is 17.4. The fraction of sp³-hybridized carbons (Fsp3) is 0.379. The molecular formula is C29H35IO2. The highest BCUT2D eigenvalue weighted by Crippen LogP contribution is 2.48. The van der Waals surface area contributed by atoms with Crippen LogP contribution in [0.15, 0.2) is 48.5 Å². The van der Waals surface area contributed by atoms with Crippen molar-refractivity contribution in [1.29, 1.82) is 0 Å². The SMILES string of the molecule is COc1cc(OC)c(I)c(-c2c(C(C)C)cc(C(C)C)c(-c3ccccc3)c2C(C)C)c1. The van der Waals surface area contributed by atoms with Crippen LogP contribution in [0.2, 0.25) is 0 Å². The zero-order chi connectivity index (χ0) is 23.6. The van der Waals surface area contributed by atoms with E-state index in [0.29, 0.717) is 17.8 Å². The Morgan fingerprint density at radius 2 is 1.28 bits per heavy atom. The minimum atomic E-state index is 0.351. The first-order chi connectivity index (χ1) is 15.2.